The van der Waals surface area contributed by atoms with Crippen LogP contribution in [0.2, 0.25) is 0 Å². The number of benzene rings is 3. The maximum absolute atomic E-state index is 12.5. The maximum atomic E-state index is 12.5. The van der Waals surface area contributed by atoms with Crippen LogP contribution < -0.4 is 9.47 Å². The Balaban J connectivity index is 1.50. The number of hydrogen-bond donors (Lipinski definition) is 0. The number of rotatable bonds is 12. The molecule has 3 heteroatoms. The summed E-state index contributed by atoms with van der Waals surface area (Å²) in [6.45, 7) is 5.12. The lowest BCUT2D eigenvalue weighted by molar-refractivity contribution is 0.0734. The molecular weight excluding hydrogens is 396 g/mol. The molecule has 3 nitrogen and oxygen atoms in total. The van der Waals surface area contributed by atoms with Gasteiger partial charge >= 0.3 is 5.97 Å². The largest absolute Gasteiger partial charge is 0.494 e. The fourth-order valence-electron chi connectivity index (χ4n) is 3.62. The number of carbonyl (C=O) groups excluding carboxylic acids is 1. The molecular formula is C29H34O3. The van der Waals surface area contributed by atoms with E-state index >= 15 is 0 Å². The Morgan fingerprint density at radius 2 is 1.25 bits per heavy atom. The molecule has 3 rings (SSSR count). The van der Waals surface area contributed by atoms with Crippen LogP contribution in [0.4, 0.5) is 0 Å². The molecule has 0 amide bonds. The number of aryl methyl sites for hydroxylation is 1. The van der Waals surface area contributed by atoms with Crippen molar-refractivity contribution in [2.24, 2.45) is 0 Å². The van der Waals surface area contributed by atoms with Crippen molar-refractivity contribution in [1.29, 1.82) is 0 Å². The first-order valence-electron chi connectivity index (χ1n) is 11.8. The highest BCUT2D eigenvalue weighted by Crippen LogP contribution is 2.23. The fourth-order valence-corrected chi connectivity index (χ4v) is 3.62. The van der Waals surface area contributed by atoms with Crippen LogP contribution in [-0.4, -0.2) is 12.6 Å². The smallest absolute Gasteiger partial charge is 0.343 e. The summed E-state index contributed by atoms with van der Waals surface area (Å²) in [6.07, 6.45) is 8.30. The molecule has 0 heterocycles. The summed E-state index contributed by atoms with van der Waals surface area (Å²) in [5.74, 6) is 0.954. The molecule has 32 heavy (non-hydrogen) atoms. The first-order chi connectivity index (χ1) is 15.7. The van der Waals surface area contributed by atoms with Crippen molar-refractivity contribution in [3.05, 3.63) is 83.9 Å². The Morgan fingerprint density at radius 3 is 1.88 bits per heavy atom. The van der Waals surface area contributed by atoms with Gasteiger partial charge in [0, 0.05) is 0 Å². The van der Waals surface area contributed by atoms with E-state index in [4.69, 9.17) is 9.47 Å². The molecule has 0 spiro atoms. The van der Waals surface area contributed by atoms with Crippen molar-refractivity contribution in [1.82, 2.24) is 0 Å². The van der Waals surface area contributed by atoms with E-state index in [2.05, 4.69) is 38.1 Å². The summed E-state index contributed by atoms with van der Waals surface area (Å²) in [5.41, 5.74) is 4.11. The van der Waals surface area contributed by atoms with E-state index in [1.807, 2.05) is 36.4 Å². The molecule has 0 aromatic heterocycles. The molecule has 0 aliphatic heterocycles. The zero-order chi connectivity index (χ0) is 22.6. The lowest BCUT2D eigenvalue weighted by Crippen LogP contribution is -2.08. The van der Waals surface area contributed by atoms with Crippen molar-refractivity contribution in [3.63, 3.8) is 0 Å². The summed E-state index contributed by atoms with van der Waals surface area (Å²) >= 11 is 0. The fraction of sp³-hybridized carbons (Fsp3) is 0.345. The summed E-state index contributed by atoms with van der Waals surface area (Å²) in [7, 11) is 0. The molecule has 0 fully saturated rings. The summed E-state index contributed by atoms with van der Waals surface area (Å²) in [5, 5.41) is 0. The van der Waals surface area contributed by atoms with Crippen molar-refractivity contribution in [3.8, 4) is 22.6 Å². The Bertz CT molecular complexity index is 941. The predicted octanol–water partition coefficient (Wildman–Crippen LogP) is 7.87. The molecule has 0 saturated heterocycles. The number of unbranched alkanes of at least 4 members (excludes halogenated alkanes) is 4. The summed E-state index contributed by atoms with van der Waals surface area (Å²) in [6, 6.07) is 23.4. The molecule has 0 aliphatic rings. The first kappa shape index (κ1) is 23.6. The summed E-state index contributed by atoms with van der Waals surface area (Å²) in [4.78, 5) is 12.5. The second kappa shape index (κ2) is 12.7. The van der Waals surface area contributed by atoms with Crippen molar-refractivity contribution >= 4 is 5.97 Å². The average molecular weight is 431 g/mol. The third-order valence-corrected chi connectivity index (χ3v) is 5.50. The van der Waals surface area contributed by atoms with Crippen molar-refractivity contribution < 1.29 is 14.3 Å². The Morgan fingerprint density at radius 1 is 0.656 bits per heavy atom. The molecule has 0 radical (unpaired) electrons. The van der Waals surface area contributed by atoms with Crippen LogP contribution in [0.1, 0.15) is 68.3 Å². The SMILES string of the molecule is CCCCCCCOc1ccc(OC(=O)c2ccc(-c3ccc(CCC)cc3)cc2)cc1. The highest BCUT2D eigenvalue weighted by Gasteiger charge is 2.09. The van der Waals surface area contributed by atoms with Crippen LogP contribution in [0.3, 0.4) is 0 Å². The van der Waals surface area contributed by atoms with E-state index < -0.39 is 0 Å². The highest BCUT2D eigenvalue weighted by atomic mass is 16.5. The molecule has 0 saturated carbocycles. The topological polar surface area (TPSA) is 35.5 Å². The zero-order valence-corrected chi connectivity index (χ0v) is 19.3. The average Bonchev–Trinajstić information content (AvgIpc) is 2.83. The van der Waals surface area contributed by atoms with Crippen LogP contribution in [-0.2, 0) is 6.42 Å². The van der Waals surface area contributed by atoms with Gasteiger partial charge in [-0.25, -0.2) is 4.79 Å². The minimum atomic E-state index is -0.362. The van der Waals surface area contributed by atoms with Crippen LogP contribution in [0.25, 0.3) is 11.1 Å². The van der Waals surface area contributed by atoms with E-state index in [0.717, 1.165) is 42.7 Å². The predicted molar refractivity (Wildman–Crippen MR) is 132 cm³/mol. The second-order valence-corrected chi connectivity index (χ2v) is 8.15. The van der Waals surface area contributed by atoms with Gasteiger partial charge in [-0.1, -0.05) is 82.3 Å². The van der Waals surface area contributed by atoms with Gasteiger partial charge in [0.05, 0.1) is 12.2 Å². The first-order valence-corrected chi connectivity index (χ1v) is 11.8. The van der Waals surface area contributed by atoms with Gasteiger partial charge in [0.15, 0.2) is 0 Å². The Hall–Kier alpha value is -3.07. The Labute approximate surface area is 192 Å². The van der Waals surface area contributed by atoms with E-state index in [1.165, 1.54) is 31.2 Å². The molecule has 3 aromatic rings. The normalized spacial score (nSPS) is 10.7. The lowest BCUT2D eigenvalue weighted by atomic mass is 10.0. The quantitative estimate of drug-likeness (QED) is 0.167. The van der Waals surface area contributed by atoms with E-state index in [-0.39, 0.29) is 5.97 Å². The van der Waals surface area contributed by atoms with Gasteiger partial charge in [0.2, 0.25) is 0 Å². The second-order valence-electron chi connectivity index (χ2n) is 8.15. The van der Waals surface area contributed by atoms with Gasteiger partial charge in [0.1, 0.15) is 11.5 Å². The number of carbonyl (C=O) groups is 1. The van der Waals surface area contributed by atoms with Gasteiger partial charge in [0.25, 0.3) is 0 Å². The molecule has 0 N–H and O–H groups in total. The molecule has 0 bridgehead atoms. The molecule has 3 aromatic carbocycles. The van der Waals surface area contributed by atoms with Gasteiger partial charge < -0.3 is 9.47 Å². The number of esters is 1. The maximum Gasteiger partial charge on any atom is 0.343 e. The van der Waals surface area contributed by atoms with Crippen molar-refractivity contribution in [2.45, 2.75) is 58.8 Å². The number of ether oxygens (including phenoxy) is 2. The molecule has 0 atom stereocenters. The standard InChI is InChI=1S/C29H34O3/c1-3-5-6-7-8-22-31-27-18-20-28(21-19-27)32-29(30)26-16-14-25(15-17-26)24-12-10-23(9-4-2)11-13-24/h10-21H,3-9,22H2,1-2H3. The molecule has 0 unspecified atom stereocenters. The van der Waals surface area contributed by atoms with Crippen LogP contribution in [0.5, 0.6) is 11.5 Å². The third-order valence-electron chi connectivity index (χ3n) is 5.50. The Kier molecular flexibility index (Phi) is 9.37. The van der Waals surface area contributed by atoms with Crippen LogP contribution in [0.15, 0.2) is 72.8 Å². The van der Waals surface area contributed by atoms with E-state index in [9.17, 15) is 4.79 Å². The number of hydrogen-bond acceptors (Lipinski definition) is 3. The van der Waals surface area contributed by atoms with Crippen LogP contribution >= 0.6 is 0 Å². The van der Waals surface area contributed by atoms with E-state index in [0.29, 0.717) is 11.3 Å². The van der Waals surface area contributed by atoms with Crippen LogP contribution in [0, 0.1) is 0 Å². The lowest BCUT2D eigenvalue weighted by Gasteiger charge is -2.09. The van der Waals surface area contributed by atoms with Gasteiger partial charge in [-0.2, -0.15) is 0 Å². The third kappa shape index (κ3) is 7.26. The van der Waals surface area contributed by atoms with Gasteiger partial charge in [-0.3, -0.25) is 0 Å². The summed E-state index contributed by atoms with van der Waals surface area (Å²) < 4.78 is 11.3. The highest BCUT2D eigenvalue weighted by molar-refractivity contribution is 5.91. The van der Waals surface area contributed by atoms with Gasteiger partial charge in [-0.15, -0.1) is 0 Å². The zero-order valence-electron chi connectivity index (χ0n) is 19.3. The van der Waals surface area contributed by atoms with E-state index in [1.54, 1.807) is 12.1 Å². The van der Waals surface area contributed by atoms with Gasteiger partial charge in [-0.05, 0) is 65.9 Å². The molecule has 168 valence electrons. The monoisotopic (exact) mass is 430 g/mol. The molecule has 0 aliphatic carbocycles. The van der Waals surface area contributed by atoms with Crippen molar-refractivity contribution in [2.75, 3.05) is 6.61 Å². The minimum Gasteiger partial charge on any atom is -0.494 e. The minimum absolute atomic E-state index is 0.362.